The highest BCUT2D eigenvalue weighted by Crippen LogP contribution is 1.98. The predicted octanol–water partition coefficient (Wildman–Crippen LogP) is 0.710. The van der Waals surface area contributed by atoms with Gasteiger partial charge in [-0.1, -0.05) is 13.5 Å². The van der Waals surface area contributed by atoms with Crippen LogP contribution >= 0.6 is 0 Å². The van der Waals surface area contributed by atoms with Gasteiger partial charge in [0.15, 0.2) is 0 Å². The highest BCUT2D eigenvalue weighted by Gasteiger charge is 2.08. The fourth-order valence-corrected chi connectivity index (χ4v) is 0.693. The Bertz CT molecular complexity index is 176. The van der Waals surface area contributed by atoms with Gasteiger partial charge in [-0.3, -0.25) is 0 Å². The van der Waals surface area contributed by atoms with Crippen molar-refractivity contribution in [3.63, 3.8) is 0 Å². The molecule has 4 heteroatoms. The first kappa shape index (κ1) is 11.8. The van der Waals surface area contributed by atoms with E-state index in [9.17, 15) is 9.59 Å². The molecule has 0 aliphatic rings. The Labute approximate surface area is 77.5 Å². The largest absolute Gasteiger partial charge is 0.460 e. The van der Waals surface area contributed by atoms with Crippen molar-refractivity contribution in [1.82, 2.24) is 0 Å². The number of hydrogen-bond donors (Lipinski definition) is 0. The molecule has 1 atom stereocenters. The number of carbonyl (C=O) groups excluding carboxylic acids is 2. The molecule has 1 unspecified atom stereocenters. The Kier molecular flexibility index (Phi) is 6.82. The minimum absolute atomic E-state index is 0.0319. The molecule has 0 heterocycles. The number of ether oxygens (including phenoxy) is 2. The van der Waals surface area contributed by atoms with Crippen LogP contribution < -0.4 is 0 Å². The van der Waals surface area contributed by atoms with Crippen LogP contribution in [0.25, 0.3) is 0 Å². The van der Waals surface area contributed by atoms with Crippen LogP contribution in [-0.4, -0.2) is 31.6 Å². The first-order chi connectivity index (χ1) is 6.24. The third kappa shape index (κ3) is 6.04. The average molecular weight is 186 g/mol. The summed E-state index contributed by atoms with van der Waals surface area (Å²) < 4.78 is 9.80. The number of hydrogen-bond acceptors (Lipinski definition) is 4. The Morgan fingerprint density at radius 3 is 2.77 bits per heavy atom. The van der Waals surface area contributed by atoms with E-state index in [1.54, 1.807) is 0 Å². The van der Waals surface area contributed by atoms with Gasteiger partial charge < -0.3 is 14.3 Å². The van der Waals surface area contributed by atoms with E-state index in [0.29, 0.717) is 12.7 Å². The van der Waals surface area contributed by atoms with Crippen LogP contribution in [0.1, 0.15) is 13.3 Å². The Morgan fingerprint density at radius 2 is 2.31 bits per heavy atom. The second kappa shape index (κ2) is 7.49. The van der Waals surface area contributed by atoms with E-state index in [0.717, 1.165) is 6.08 Å². The third-order valence-corrected chi connectivity index (χ3v) is 1.43. The lowest BCUT2D eigenvalue weighted by atomic mass is 10.3. The Hall–Kier alpha value is -1.16. The van der Waals surface area contributed by atoms with Crippen LogP contribution in [0, 0.1) is 0 Å². The summed E-state index contributed by atoms with van der Waals surface area (Å²) in [4.78, 5) is 20.6. The number of rotatable bonds is 7. The summed E-state index contributed by atoms with van der Waals surface area (Å²) in [5.74, 6) is -0.479. The van der Waals surface area contributed by atoms with E-state index < -0.39 is 5.97 Å². The summed E-state index contributed by atoms with van der Waals surface area (Å²) in [5.41, 5.74) is 0. The summed E-state index contributed by atoms with van der Waals surface area (Å²) in [6.07, 6.45) is 2.23. The predicted molar refractivity (Wildman–Crippen MR) is 47.3 cm³/mol. The highest BCUT2D eigenvalue weighted by molar-refractivity contribution is 5.81. The molecule has 0 rings (SSSR count). The third-order valence-electron chi connectivity index (χ3n) is 1.43. The molecule has 13 heavy (non-hydrogen) atoms. The van der Waals surface area contributed by atoms with Gasteiger partial charge in [-0.2, -0.15) is 0 Å². The van der Waals surface area contributed by atoms with Crippen molar-refractivity contribution in [3.05, 3.63) is 12.7 Å². The van der Waals surface area contributed by atoms with Crippen LogP contribution in [0.2, 0.25) is 0 Å². The lowest BCUT2D eigenvalue weighted by molar-refractivity contribution is -0.142. The minimum atomic E-state index is -0.479. The van der Waals surface area contributed by atoms with Gasteiger partial charge >= 0.3 is 5.97 Å². The fraction of sp³-hybridized carbons (Fsp3) is 0.556. The molecule has 4 nitrogen and oxygen atoms in total. The van der Waals surface area contributed by atoms with Crippen molar-refractivity contribution < 1.29 is 19.1 Å². The van der Waals surface area contributed by atoms with E-state index in [1.165, 1.54) is 0 Å². The zero-order chi connectivity index (χ0) is 10.1. The second-order valence-electron chi connectivity index (χ2n) is 2.36. The number of aldehydes is 1. The molecule has 0 aliphatic heterocycles. The molecule has 0 spiro atoms. The van der Waals surface area contributed by atoms with Gasteiger partial charge in [-0.05, 0) is 6.42 Å². The van der Waals surface area contributed by atoms with Crippen molar-refractivity contribution in [3.8, 4) is 0 Å². The van der Waals surface area contributed by atoms with Gasteiger partial charge in [0.25, 0.3) is 0 Å². The van der Waals surface area contributed by atoms with E-state index >= 15 is 0 Å². The van der Waals surface area contributed by atoms with Crippen LogP contribution in [0.4, 0.5) is 0 Å². The second-order valence-corrected chi connectivity index (χ2v) is 2.36. The van der Waals surface area contributed by atoms with Crippen molar-refractivity contribution in [2.24, 2.45) is 0 Å². The average Bonchev–Trinajstić information content (AvgIpc) is 2.17. The van der Waals surface area contributed by atoms with Crippen LogP contribution in [-0.2, 0) is 19.1 Å². The zero-order valence-corrected chi connectivity index (χ0v) is 7.69. The van der Waals surface area contributed by atoms with E-state index in [-0.39, 0.29) is 19.3 Å². The molecule has 0 saturated carbocycles. The molecule has 74 valence electrons. The highest BCUT2D eigenvalue weighted by atomic mass is 16.6. The van der Waals surface area contributed by atoms with Crippen molar-refractivity contribution in [1.29, 1.82) is 0 Å². The van der Waals surface area contributed by atoms with Crippen molar-refractivity contribution >= 4 is 12.3 Å². The number of carbonyl (C=O) groups is 2. The van der Waals surface area contributed by atoms with E-state index in [1.807, 2.05) is 6.92 Å². The summed E-state index contributed by atoms with van der Waals surface area (Å²) in [7, 11) is 0. The molecule has 0 aromatic heterocycles. The van der Waals surface area contributed by atoms with Gasteiger partial charge in [0.2, 0.25) is 0 Å². The van der Waals surface area contributed by atoms with Crippen LogP contribution in [0.5, 0.6) is 0 Å². The molecule has 0 amide bonds. The topological polar surface area (TPSA) is 52.6 Å². The van der Waals surface area contributed by atoms with E-state index in [4.69, 9.17) is 9.47 Å². The molecule has 0 aliphatic carbocycles. The minimum Gasteiger partial charge on any atom is -0.460 e. The monoisotopic (exact) mass is 186 g/mol. The van der Waals surface area contributed by atoms with Crippen LogP contribution in [0.3, 0.4) is 0 Å². The summed E-state index contributed by atoms with van der Waals surface area (Å²) in [5, 5.41) is 0. The van der Waals surface area contributed by atoms with E-state index in [2.05, 4.69) is 6.58 Å². The normalized spacial score (nSPS) is 11.8. The van der Waals surface area contributed by atoms with Crippen molar-refractivity contribution in [2.75, 3.05) is 13.2 Å². The maximum Gasteiger partial charge on any atom is 0.330 e. The van der Waals surface area contributed by atoms with Gasteiger partial charge in [0, 0.05) is 6.08 Å². The first-order valence-corrected chi connectivity index (χ1v) is 4.09. The van der Waals surface area contributed by atoms with Gasteiger partial charge in [-0.25, -0.2) is 4.79 Å². The molecule has 0 saturated heterocycles. The Morgan fingerprint density at radius 1 is 1.62 bits per heavy atom. The summed E-state index contributed by atoms with van der Waals surface area (Å²) >= 11 is 0. The smallest absolute Gasteiger partial charge is 0.330 e. The quantitative estimate of drug-likeness (QED) is 0.334. The molecule has 0 N–H and O–H groups in total. The molecule has 0 fully saturated rings. The number of esters is 1. The summed E-state index contributed by atoms with van der Waals surface area (Å²) in [6, 6.07) is 0. The summed E-state index contributed by atoms with van der Waals surface area (Å²) in [6.45, 7) is 5.33. The maximum absolute atomic E-state index is 10.6. The van der Waals surface area contributed by atoms with Crippen LogP contribution in [0.15, 0.2) is 12.7 Å². The molecule has 0 aromatic carbocycles. The van der Waals surface area contributed by atoms with Gasteiger partial charge in [0.1, 0.15) is 19.5 Å². The Balaban J connectivity index is 3.64. The van der Waals surface area contributed by atoms with Crippen molar-refractivity contribution in [2.45, 2.75) is 19.4 Å². The lowest BCUT2D eigenvalue weighted by Crippen LogP contribution is -2.21. The molecule has 0 radical (unpaired) electrons. The van der Waals surface area contributed by atoms with Gasteiger partial charge in [0.05, 0.1) is 6.10 Å². The standard InChI is InChI=1S/C9H14O4/c1-3-8(12-6-5-10)7-13-9(11)4-2/h4-5,8H,2-3,6-7H2,1H3. The SMILES string of the molecule is C=CC(=O)OCC(CC)OCC=O. The maximum atomic E-state index is 10.6. The zero-order valence-electron chi connectivity index (χ0n) is 7.69. The molecule has 0 bridgehead atoms. The fourth-order valence-electron chi connectivity index (χ4n) is 0.693. The molecular weight excluding hydrogens is 172 g/mol. The molecular formula is C9H14O4. The van der Waals surface area contributed by atoms with Gasteiger partial charge in [-0.15, -0.1) is 0 Å². The lowest BCUT2D eigenvalue weighted by Gasteiger charge is -2.13. The first-order valence-electron chi connectivity index (χ1n) is 4.09. The molecule has 0 aromatic rings.